The van der Waals surface area contributed by atoms with E-state index in [4.69, 9.17) is 15.2 Å². The number of hydrogen-bond acceptors (Lipinski definition) is 7. The van der Waals surface area contributed by atoms with Crippen LogP contribution in [0.2, 0.25) is 0 Å². The summed E-state index contributed by atoms with van der Waals surface area (Å²) in [6, 6.07) is 1.17. The summed E-state index contributed by atoms with van der Waals surface area (Å²) < 4.78 is 14.5. The molecule has 0 aliphatic carbocycles. The van der Waals surface area contributed by atoms with Crippen LogP contribution in [-0.2, 0) is 9.53 Å². The lowest BCUT2D eigenvalue weighted by molar-refractivity contribution is -0.385. The third-order valence-corrected chi connectivity index (χ3v) is 2.52. The number of benzene rings is 1. The van der Waals surface area contributed by atoms with Gasteiger partial charge in [-0.2, -0.15) is 0 Å². The van der Waals surface area contributed by atoms with Crippen LogP contribution in [0.3, 0.4) is 0 Å². The molecule has 0 spiro atoms. The molecule has 104 valence electrons. The van der Waals surface area contributed by atoms with Crippen LogP contribution < -0.4 is 15.2 Å². The van der Waals surface area contributed by atoms with E-state index in [9.17, 15) is 14.9 Å². The van der Waals surface area contributed by atoms with Gasteiger partial charge >= 0.3 is 5.97 Å². The van der Waals surface area contributed by atoms with Gasteiger partial charge in [-0.1, -0.05) is 0 Å². The standard InChI is InChI=1S/C11H14N2O6/c1-17-8-4-6(10(12)11(14)19-3)7(13(15)16)5-9(8)18-2/h4-5,10H,12H2,1-3H3/t10-/m0/s1. The number of rotatable bonds is 5. The summed E-state index contributed by atoms with van der Waals surface area (Å²) in [6.07, 6.45) is 0. The summed E-state index contributed by atoms with van der Waals surface area (Å²) in [6.45, 7) is 0. The molecule has 0 bridgehead atoms. The normalized spacial score (nSPS) is 11.6. The zero-order valence-electron chi connectivity index (χ0n) is 10.7. The van der Waals surface area contributed by atoms with E-state index in [-0.39, 0.29) is 22.7 Å². The highest BCUT2D eigenvalue weighted by atomic mass is 16.6. The maximum Gasteiger partial charge on any atom is 0.327 e. The van der Waals surface area contributed by atoms with Gasteiger partial charge in [0, 0.05) is 0 Å². The van der Waals surface area contributed by atoms with Crippen molar-refractivity contribution in [3.05, 3.63) is 27.8 Å². The van der Waals surface area contributed by atoms with E-state index < -0.39 is 16.9 Å². The summed E-state index contributed by atoms with van der Waals surface area (Å²) >= 11 is 0. The fraction of sp³-hybridized carbons (Fsp3) is 0.364. The highest BCUT2D eigenvalue weighted by Crippen LogP contribution is 2.36. The number of nitro groups is 1. The number of carbonyl (C=O) groups excluding carboxylic acids is 1. The van der Waals surface area contributed by atoms with Crippen molar-refractivity contribution in [2.24, 2.45) is 5.73 Å². The van der Waals surface area contributed by atoms with Crippen LogP contribution >= 0.6 is 0 Å². The fourth-order valence-electron chi connectivity index (χ4n) is 1.55. The summed E-state index contributed by atoms with van der Waals surface area (Å²) in [4.78, 5) is 21.8. The van der Waals surface area contributed by atoms with Gasteiger partial charge in [-0.15, -0.1) is 0 Å². The Morgan fingerprint density at radius 3 is 2.21 bits per heavy atom. The molecule has 0 radical (unpaired) electrons. The largest absolute Gasteiger partial charge is 0.493 e. The lowest BCUT2D eigenvalue weighted by atomic mass is 10.0. The van der Waals surface area contributed by atoms with Gasteiger partial charge in [0.2, 0.25) is 0 Å². The van der Waals surface area contributed by atoms with E-state index in [1.54, 1.807) is 0 Å². The van der Waals surface area contributed by atoms with Crippen LogP contribution in [0.5, 0.6) is 11.5 Å². The van der Waals surface area contributed by atoms with Gasteiger partial charge in [0.05, 0.1) is 37.9 Å². The molecule has 19 heavy (non-hydrogen) atoms. The van der Waals surface area contributed by atoms with Crippen LogP contribution in [0.4, 0.5) is 5.69 Å². The Morgan fingerprint density at radius 2 is 1.79 bits per heavy atom. The Kier molecular flexibility index (Phi) is 4.65. The summed E-state index contributed by atoms with van der Waals surface area (Å²) in [5.74, 6) is -0.368. The van der Waals surface area contributed by atoms with E-state index in [1.807, 2.05) is 0 Å². The van der Waals surface area contributed by atoms with Crippen LogP contribution in [0.15, 0.2) is 12.1 Å². The van der Waals surface area contributed by atoms with Crippen molar-refractivity contribution < 1.29 is 23.9 Å². The number of ether oxygens (including phenoxy) is 3. The van der Waals surface area contributed by atoms with Gasteiger partial charge in [-0.25, -0.2) is 4.79 Å². The van der Waals surface area contributed by atoms with Crippen LogP contribution in [0.25, 0.3) is 0 Å². The molecule has 0 unspecified atom stereocenters. The van der Waals surface area contributed by atoms with Gasteiger partial charge in [-0.3, -0.25) is 10.1 Å². The number of esters is 1. The van der Waals surface area contributed by atoms with E-state index >= 15 is 0 Å². The highest BCUT2D eigenvalue weighted by Gasteiger charge is 2.28. The topological polar surface area (TPSA) is 114 Å². The molecular formula is C11H14N2O6. The molecule has 1 aromatic carbocycles. The van der Waals surface area contributed by atoms with Crippen molar-refractivity contribution in [2.45, 2.75) is 6.04 Å². The second kappa shape index (κ2) is 6.01. The van der Waals surface area contributed by atoms with Gasteiger partial charge in [-0.05, 0) is 6.07 Å². The zero-order valence-corrected chi connectivity index (χ0v) is 10.7. The molecule has 8 nitrogen and oxygen atoms in total. The van der Waals surface area contributed by atoms with Gasteiger partial charge < -0.3 is 19.9 Å². The Hall–Kier alpha value is -2.35. The zero-order chi connectivity index (χ0) is 14.6. The molecular weight excluding hydrogens is 256 g/mol. The minimum absolute atomic E-state index is 0.00509. The molecule has 0 heterocycles. The highest BCUT2D eigenvalue weighted by molar-refractivity contribution is 5.79. The maximum atomic E-state index is 11.4. The second-order valence-corrected chi connectivity index (χ2v) is 3.52. The van der Waals surface area contributed by atoms with Crippen molar-refractivity contribution in [1.29, 1.82) is 0 Å². The molecule has 0 aliphatic heterocycles. The first kappa shape index (κ1) is 14.7. The molecule has 1 rings (SSSR count). The lowest BCUT2D eigenvalue weighted by Crippen LogP contribution is -2.23. The van der Waals surface area contributed by atoms with Crippen molar-refractivity contribution >= 4 is 11.7 Å². The third-order valence-electron chi connectivity index (χ3n) is 2.52. The fourth-order valence-corrected chi connectivity index (χ4v) is 1.55. The first-order valence-corrected chi connectivity index (χ1v) is 5.20. The average molecular weight is 270 g/mol. The minimum Gasteiger partial charge on any atom is -0.493 e. The van der Waals surface area contributed by atoms with E-state index in [1.165, 1.54) is 20.3 Å². The Labute approximate surface area is 109 Å². The van der Waals surface area contributed by atoms with Crippen molar-refractivity contribution in [3.63, 3.8) is 0 Å². The molecule has 0 saturated carbocycles. The summed E-state index contributed by atoms with van der Waals surface area (Å²) in [5, 5.41) is 11.0. The number of nitrogens with zero attached hydrogens (tertiary/aromatic N) is 1. The summed E-state index contributed by atoms with van der Waals surface area (Å²) in [5.41, 5.74) is 5.28. The molecule has 0 saturated heterocycles. The monoisotopic (exact) mass is 270 g/mol. The number of hydrogen-bond donors (Lipinski definition) is 1. The quantitative estimate of drug-likeness (QED) is 0.477. The van der Waals surface area contributed by atoms with Gasteiger partial charge in [0.1, 0.15) is 6.04 Å². The van der Waals surface area contributed by atoms with Crippen LogP contribution in [0, 0.1) is 10.1 Å². The minimum atomic E-state index is -1.27. The van der Waals surface area contributed by atoms with E-state index in [0.717, 1.165) is 13.2 Å². The van der Waals surface area contributed by atoms with Crippen molar-refractivity contribution in [3.8, 4) is 11.5 Å². The van der Waals surface area contributed by atoms with E-state index in [0.29, 0.717) is 0 Å². The molecule has 1 atom stereocenters. The number of carbonyl (C=O) groups is 1. The summed E-state index contributed by atoms with van der Waals surface area (Å²) in [7, 11) is 3.87. The van der Waals surface area contributed by atoms with Gasteiger partial charge in [0.15, 0.2) is 11.5 Å². The average Bonchev–Trinajstić information content (AvgIpc) is 2.43. The third kappa shape index (κ3) is 2.91. The molecule has 0 fully saturated rings. The lowest BCUT2D eigenvalue weighted by Gasteiger charge is -2.13. The maximum absolute atomic E-state index is 11.4. The first-order chi connectivity index (χ1) is 8.96. The Bertz CT molecular complexity index is 502. The Morgan fingerprint density at radius 1 is 1.26 bits per heavy atom. The second-order valence-electron chi connectivity index (χ2n) is 3.52. The van der Waals surface area contributed by atoms with Crippen LogP contribution in [-0.4, -0.2) is 32.2 Å². The predicted molar refractivity (Wildman–Crippen MR) is 65.1 cm³/mol. The smallest absolute Gasteiger partial charge is 0.327 e. The number of methoxy groups -OCH3 is 3. The SMILES string of the molecule is COC(=O)[C@@H](N)c1cc(OC)c(OC)cc1[N+](=O)[O-]. The van der Waals surface area contributed by atoms with Crippen molar-refractivity contribution in [1.82, 2.24) is 0 Å². The molecule has 0 aromatic heterocycles. The number of nitro benzene ring substituents is 1. The predicted octanol–water partition coefficient (Wildman–Crippen LogP) is 0.785. The molecule has 0 amide bonds. The van der Waals surface area contributed by atoms with Crippen molar-refractivity contribution in [2.75, 3.05) is 21.3 Å². The van der Waals surface area contributed by atoms with E-state index in [2.05, 4.69) is 4.74 Å². The van der Waals surface area contributed by atoms with Gasteiger partial charge in [0.25, 0.3) is 5.69 Å². The first-order valence-electron chi connectivity index (χ1n) is 5.20. The molecule has 1 aromatic rings. The Balaban J connectivity index is 3.43. The molecule has 2 N–H and O–H groups in total. The van der Waals surface area contributed by atoms with Crippen LogP contribution in [0.1, 0.15) is 11.6 Å². The molecule has 0 aliphatic rings. The number of nitrogens with two attached hydrogens (primary N) is 1. The molecule has 8 heteroatoms.